The van der Waals surface area contributed by atoms with E-state index in [0.29, 0.717) is 11.4 Å². The van der Waals surface area contributed by atoms with Crippen molar-refractivity contribution < 1.29 is 12.8 Å². The lowest BCUT2D eigenvalue weighted by atomic mass is 10.1. The summed E-state index contributed by atoms with van der Waals surface area (Å²) in [5, 5.41) is -0.00842. The Morgan fingerprint density at radius 1 is 1.09 bits per heavy atom. The summed E-state index contributed by atoms with van der Waals surface area (Å²) in [4.78, 5) is 3.98. The molecule has 0 spiro atoms. The minimum Gasteiger partial charge on any atom is -0.464 e. The predicted molar refractivity (Wildman–Crippen MR) is 88.7 cm³/mol. The van der Waals surface area contributed by atoms with Gasteiger partial charge in [-0.25, -0.2) is 4.98 Å². The van der Waals surface area contributed by atoms with Crippen LogP contribution in [0.15, 0.2) is 64.4 Å². The van der Waals surface area contributed by atoms with Crippen molar-refractivity contribution in [3.05, 3.63) is 66.1 Å². The van der Waals surface area contributed by atoms with Gasteiger partial charge in [0, 0.05) is 11.8 Å². The topological polar surface area (TPSA) is 72.2 Å². The Bertz CT molecular complexity index is 915. The van der Waals surface area contributed by atoms with Gasteiger partial charge in [0.05, 0.1) is 12.0 Å². The minimum absolute atomic E-state index is 0.00842. The van der Waals surface area contributed by atoms with E-state index in [1.807, 2.05) is 32.0 Å². The van der Waals surface area contributed by atoms with Gasteiger partial charge in [0.25, 0.3) is 10.0 Å². The number of rotatable bonds is 4. The van der Waals surface area contributed by atoms with Crippen LogP contribution in [-0.4, -0.2) is 13.4 Å². The van der Waals surface area contributed by atoms with Gasteiger partial charge >= 0.3 is 0 Å². The Kier molecular flexibility index (Phi) is 3.92. The highest BCUT2D eigenvalue weighted by molar-refractivity contribution is 7.92. The average Bonchev–Trinajstić information content (AvgIpc) is 3.04. The highest BCUT2D eigenvalue weighted by atomic mass is 32.2. The maximum absolute atomic E-state index is 12.5. The first kappa shape index (κ1) is 15.3. The standard InChI is InChI=1S/C17H16N2O3S/c1-12-5-8-17(18-11-12)23(20,21)19-15-10-14(7-6-13(15)2)16-4-3-9-22-16/h3-11,19H,1-2H3. The second kappa shape index (κ2) is 5.89. The van der Waals surface area contributed by atoms with Gasteiger partial charge in [-0.15, -0.1) is 0 Å². The van der Waals surface area contributed by atoms with E-state index in [2.05, 4.69) is 9.71 Å². The maximum Gasteiger partial charge on any atom is 0.279 e. The van der Waals surface area contributed by atoms with Crippen molar-refractivity contribution in [2.24, 2.45) is 0 Å². The number of hydrogen-bond donors (Lipinski definition) is 1. The van der Waals surface area contributed by atoms with Gasteiger partial charge in [-0.3, -0.25) is 4.72 Å². The van der Waals surface area contributed by atoms with Gasteiger partial charge in [0.15, 0.2) is 5.03 Å². The molecule has 0 fully saturated rings. The Morgan fingerprint density at radius 2 is 1.91 bits per heavy atom. The molecule has 0 unspecified atom stereocenters. The van der Waals surface area contributed by atoms with Crippen LogP contribution in [0.25, 0.3) is 11.3 Å². The summed E-state index contributed by atoms with van der Waals surface area (Å²) in [6.45, 7) is 3.69. The molecular formula is C17H16N2O3S. The number of furan rings is 1. The normalized spacial score (nSPS) is 11.4. The third-order valence-electron chi connectivity index (χ3n) is 3.45. The van der Waals surface area contributed by atoms with Gasteiger partial charge in [-0.1, -0.05) is 18.2 Å². The lowest BCUT2D eigenvalue weighted by molar-refractivity contribution is 0.582. The van der Waals surface area contributed by atoms with Crippen LogP contribution in [0.3, 0.4) is 0 Å². The molecule has 0 aliphatic rings. The molecule has 0 saturated heterocycles. The zero-order chi connectivity index (χ0) is 16.4. The molecule has 3 aromatic rings. The molecule has 2 heterocycles. The van der Waals surface area contributed by atoms with E-state index in [1.54, 1.807) is 24.5 Å². The third kappa shape index (κ3) is 3.27. The Morgan fingerprint density at radius 3 is 2.57 bits per heavy atom. The number of nitrogens with zero attached hydrogens (tertiary/aromatic N) is 1. The summed E-state index contributed by atoms with van der Waals surface area (Å²) in [6, 6.07) is 12.3. The number of sulfonamides is 1. The summed E-state index contributed by atoms with van der Waals surface area (Å²) in [6.07, 6.45) is 3.11. The molecule has 118 valence electrons. The van der Waals surface area contributed by atoms with Crippen molar-refractivity contribution in [1.29, 1.82) is 0 Å². The van der Waals surface area contributed by atoms with Crippen LogP contribution in [0.2, 0.25) is 0 Å². The van der Waals surface area contributed by atoms with E-state index in [0.717, 1.165) is 16.7 Å². The van der Waals surface area contributed by atoms with Crippen molar-refractivity contribution in [2.45, 2.75) is 18.9 Å². The van der Waals surface area contributed by atoms with Gasteiger partial charge in [0.1, 0.15) is 5.76 Å². The second-order valence-corrected chi connectivity index (χ2v) is 6.92. The molecule has 0 bridgehead atoms. The molecule has 1 aromatic carbocycles. The zero-order valence-electron chi connectivity index (χ0n) is 12.8. The van der Waals surface area contributed by atoms with Crippen LogP contribution >= 0.6 is 0 Å². The highest BCUT2D eigenvalue weighted by Crippen LogP contribution is 2.27. The number of hydrogen-bond acceptors (Lipinski definition) is 4. The Labute approximate surface area is 135 Å². The van der Waals surface area contributed by atoms with Crippen molar-refractivity contribution >= 4 is 15.7 Å². The Balaban J connectivity index is 1.96. The lowest BCUT2D eigenvalue weighted by Crippen LogP contribution is -2.15. The molecule has 0 atom stereocenters. The number of aromatic nitrogens is 1. The molecule has 2 aromatic heterocycles. The van der Waals surface area contributed by atoms with Crippen molar-refractivity contribution in [1.82, 2.24) is 4.98 Å². The maximum atomic E-state index is 12.5. The van der Waals surface area contributed by atoms with Crippen molar-refractivity contribution in [3.63, 3.8) is 0 Å². The van der Waals surface area contributed by atoms with Gasteiger partial charge in [0.2, 0.25) is 0 Å². The molecule has 0 saturated carbocycles. The lowest BCUT2D eigenvalue weighted by Gasteiger charge is -2.11. The fourth-order valence-corrected chi connectivity index (χ4v) is 3.19. The van der Waals surface area contributed by atoms with E-state index in [9.17, 15) is 8.42 Å². The molecule has 1 N–H and O–H groups in total. The van der Waals surface area contributed by atoms with E-state index >= 15 is 0 Å². The van der Waals surface area contributed by atoms with E-state index in [-0.39, 0.29) is 5.03 Å². The van der Waals surface area contributed by atoms with E-state index in [4.69, 9.17) is 4.42 Å². The summed E-state index contributed by atoms with van der Waals surface area (Å²) >= 11 is 0. The molecule has 0 radical (unpaired) electrons. The predicted octanol–water partition coefficient (Wildman–Crippen LogP) is 3.76. The summed E-state index contributed by atoms with van der Waals surface area (Å²) in [7, 11) is -3.73. The number of nitrogens with one attached hydrogen (secondary N) is 1. The van der Waals surface area contributed by atoms with E-state index in [1.165, 1.54) is 12.3 Å². The Hall–Kier alpha value is -2.60. The highest BCUT2D eigenvalue weighted by Gasteiger charge is 2.17. The fraction of sp³-hybridized carbons (Fsp3) is 0.118. The summed E-state index contributed by atoms with van der Waals surface area (Å²) < 4.78 is 32.9. The van der Waals surface area contributed by atoms with Crippen LogP contribution in [0.4, 0.5) is 5.69 Å². The molecular weight excluding hydrogens is 312 g/mol. The van der Waals surface area contributed by atoms with Crippen LogP contribution in [0.5, 0.6) is 0 Å². The number of anilines is 1. The molecule has 6 heteroatoms. The van der Waals surface area contributed by atoms with Crippen LogP contribution < -0.4 is 4.72 Å². The van der Waals surface area contributed by atoms with Gasteiger partial charge in [-0.05, 0) is 49.2 Å². The second-order valence-electron chi connectivity index (χ2n) is 5.29. The van der Waals surface area contributed by atoms with E-state index < -0.39 is 10.0 Å². The monoisotopic (exact) mass is 328 g/mol. The molecule has 0 aliphatic carbocycles. The number of aryl methyl sites for hydroxylation is 2. The summed E-state index contributed by atoms with van der Waals surface area (Å²) in [5.41, 5.74) is 3.02. The first-order chi connectivity index (χ1) is 11.0. The van der Waals surface area contributed by atoms with Crippen LogP contribution in [0, 0.1) is 13.8 Å². The largest absolute Gasteiger partial charge is 0.464 e. The first-order valence-electron chi connectivity index (χ1n) is 7.06. The van der Waals surface area contributed by atoms with Crippen molar-refractivity contribution in [2.75, 3.05) is 4.72 Å². The van der Waals surface area contributed by atoms with Gasteiger partial charge < -0.3 is 4.42 Å². The average molecular weight is 328 g/mol. The molecule has 3 rings (SSSR count). The SMILES string of the molecule is Cc1ccc(S(=O)(=O)Nc2cc(-c3ccco3)ccc2C)nc1. The van der Waals surface area contributed by atoms with Crippen LogP contribution in [-0.2, 0) is 10.0 Å². The fourth-order valence-electron chi connectivity index (χ4n) is 2.14. The van der Waals surface area contributed by atoms with Gasteiger partial charge in [-0.2, -0.15) is 8.42 Å². The van der Waals surface area contributed by atoms with Crippen LogP contribution in [0.1, 0.15) is 11.1 Å². The zero-order valence-corrected chi connectivity index (χ0v) is 13.6. The third-order valence-corrected chi connectivity index (χ3v) is 4.73. The summed E-state index contributed by atoms with van der Waals surface area (Å²) in [5.74, 6) is 0.680. The number of benzene rings is 1. The minimum atomic E-state index is -3.73. The quantitative estimate of drug-likeness (QED) is 0.791. The molecule has 5 nitrogen and oxygen atoms in total. The molecule has 23 heavy (non-hydrogen) atoms. The first-order valence-corrected chi connectivity index (χ1v) is 8.54. The molecule has 0 amide bonds. The molecule has 0 aliphatic heterocycles. The smallest absolute Gasteiger partial charge is 0.279 e. The number of pyridine rings is 1. The van der Waals surface area contributed by atoms with Crippen molar-refractivity contribution in [3.8, 4) is 11.3 Å².